The Labute approximate surface area is 184 Å². The number of carbonyl (C=O) groups excluding carboxylic acids is 1. The first-order valence-corrected chi connectivity index (χ1v) is 12.8. The van der Waals surface area contributed by atoms with Crippen LogP contribution in [0.3, 0.4) is 0 Å². The van der Waals surface area contributed by atoms with Crippen LogP contribution in [0.15, 0.2) is 91.0 Å². The van der Waals surface area contributed by atoms with Crippen LogP contribution in [0.2, 0.25) is 0 Å². The number of halogens is 1. The van der Waals surface area contributed by atoms with E-state index in [1.54, 1.807) is 0 Å². The SMILES string of the molecule is CCCC(Cl)(C(=O)OC1CC1)[P+](c1ccccc1)(c1ccccc1)c1ccccc1. The van der Waals surface area contributed by atoms with Crippen LogP contribution in [-0.2, 0) is 9.53 Å². The number of benzene rings is 3. The maximum Gasteiger partial charge on any atom is 0.367 e. The number of rotatable bonds is 8. The second kappa shape index (κ2) is 8.92. The zero-order chi connectivity index (χ0) is 21.0. The lowest BCUT2D eigenvalue weighted by atomic mass is 10.2. The maximum absolute atomic E-state index is 13.7. The van der Waals surface area contributed by atoms with E-state index in [0.29, 0.717) is 6.42 Å². The van der Waals surface area contributed by atoms with E-state index in [0.717, 1.165) is 35.2 Å². The molecule has 4 heteroatoms. The predicted molar refractivity (Wildman–Crippen MR) is 128 cm³/mol. The Bertz CT molecular complexity index is 877. The van der Waals surface area contributed by atoms with Gasteiger partial charge in [-0.25, -0.2) is 4.79 Å². The third kappa shape index (κ3) is 3.68. The lowest BCUT2D eigenvalue weighted by molar-refractivity contribution is -0.145. The fraction of sp³-hybridized carbons (Fsp3) is 0.269. The molecule has 2 nitrogen and oxygen atoms in total. The van der Waals surface area contributed by atoms with Gasteiger partial charge in [-0.15, -0.1) is 0 Å². The van der Waals surface area contributed by atoms with E-state index in [9.17, 15) is 4.79 Å². The summed E-state index contributed by atoms with van der Waals surface area (Å²) in [6, 6.07) is 30.9. The van der Waals surface area contributed by atoms with Gasteiger partial charge in [-0.05, 0) is 49.2 Å². The van der Waals surface area contributed by atoms with Gasteiger partial charge >= 0.3 is 5.97 Å². The van der Waals surface area contributed by atoms with E-state index in [1.807, 2.05) is 54.6 Å². The molecule has 0 aromatic heterocycles. The molecule has 0 bridgehead atoms. The fourth-order valence-corrected chi connectivity index (χ4v) is 10.2. The topological polar surface area (TPSA) is 26.3 Å². The van der Waals surface area contributed by atoms with Gasteiger partial charge < -0.3 is 4.74 Å². The van der Waals surface area contributed by atoms with E-state index in [1.165, 1.54) is 0 Å². The second-order valence-corrected chi connectivity index (χ2v) is 12.4. The van der Waals surface area contributed by atoms with Gasteiger partial charge in [0, 0.05) is 6.42 Å². The molecule has 0 spiro atoms. The summed E-state index contributed by atoms with van der Waals surface area (Å²) in [7, 11) is -2.59. The molecule has 0 aliphatic heterocycles. The summed E-state index contributed by atoms with van der Waals surface area (Å²) in [6.07, 6.45) is 3.21. The summed E-state index contributed by atoms with van der Waals surface area (Å²) in [6.45, 7) is 2.08. The van der Waals surface area contributed by atoms with Crippen LogP contribution in [0.25, 0.3) is 0 Å². The molecular weight excluding hydrogens is 411 g/mol. The Balaban J connectivity index is 2.06. The summed E-state index contributed by atoms with van der Waals surface area (Å²) in [5.74, 6) is -0.279. The first-order valence-electron chi connectivity index (χ1n) is 10.6. The van der Waals surface area contributed by atoms with Crippen LogP contribution in [-0.4, -0.2) is 16.7 Å². The van der Waals surface area contributed by atoms with Crippen LogP contribution in [0, 0.1) is 0 Å². The first kappa shape index (κ1) is 21.1. The number of alkyl halides is 1. The lowest BCUT2D eigenvalue weighted by Crippen LogP contribution is -2.50. The normalized spacial score (nSPS) is 15.9. The van der Waals surface area contributed by atoms with Gasteiger partial charge in [0.2, 0.25) is 0 Å². The van der Waals surface area contributed by atoms with Crippen LogP contribution in [0.4, 0.5) is 0 Å². The largest absolute Gasteiger partial charge is 0.458 e. The molecule has 0 amide bonds. The van der Waals surface area contributed by atoms with E-state index < -0.39 is 11.9 Å². The minimum atomic E-state index is -2.59. The summed E-state index contributed by atoms with van der Waals surface area (Å²) in [5, 5.41) is 3.29. The molecule has 1 aliphatic rings. The first-order chi connectivity index (χ1) is 14.6. The molecule has 3 aromatic rings. The van der Waals surface area contributed by atoms with Crippen LogP contribution >= 0.6 is 18.9 Å². The summed E-state index contributed by atoms with van der Waals surface area (Å²) < 4.78 is 4.73. The van der Waals surface area contributed by atoms with Crippen molar-refractivity contribution in [2.45, 2.75) is 43.3 Å². The van der Waals surface area contributed by atoms with E-state index in [4.69, 9.17) is 16.3 Å². The molecule has 1 atom stereocenters. The quantitative estimate of drug-likeness (QED) is 0.267. The Morgan fingerprint density at radius 3 is 1.60 bits per heavy atom. The molecule has 1 fully saturated rings. The van der Waals surface area contributed by atoms with Gasteiger partial charge in [0.05, 0.1) is 0 Å². The maximum atomic E-state index is 13.7. The molecule has 30 heavy (non-hydrogen) atoms. The molecule has 154 valence electrons. The van der Waals surface area contributed by atoms with Crippen LogP contribution in [0.1, 0.15) is 32.6 Å². The van der Waals surface area contributed by atoms with Gasteiger partial charge in [-0.3, -0.25) is 0 Å². The van der Waals surface area contributed by atoms with Crippen LogP contribution < -0.4 is 15.9 Å². The van der Waals surface area contributed by atoms with Gasteiger partial charge in [-0.2, -0.15) is 0 Å². The molecule has 0 heterocycles. The van der Waals surface area contributed by atoms with Gasteiger partial charge in [-0.1, -0.05) is 79.5 Å². The highest BCUT2D eigenvalue weighted by Gasteiger charge is 2.67. The van der Waals surface area contributed by atoms with Gasteiger partial charge in [0.25, 0.3) is 4.62 Å². The third-order valence-electron chi connectivity index (χ3n) is 5.65. The molecule has 1 unspecified atom stereocenters. The summed E-state index contributed by atoms with van der Waals surface area (Å²) in [5.41, 5.74) is 0. The predicted octanol–water partition coefficient (Wildman–Crippen LogP) is 5.42. The molecule has 4 rings (SSSR count). The number of hydrogen-bond donors (Lipinski definition) is 0. The monoisotopic (exact) mass is 437 g/mol. The number of hydrogen-bond acceptors (Lipinski definition) is 2. The molecule has 3 aromatic carbocycles. The summed E-state index contributed by atoms with van der Waals surface area (Å²) in [4.78, 5) is 13.7. The molecule has 0 radical (unpaired) electrons. The average Bonchev–Trinajstić information content (AvgIpc) is 3.61. The van der Waals surface area contributed by atoms with E-state index in [2.05, 4.69) is 43.3 Å². The van der Waals surface area contributed by atoms with E-state index in [-0.39, 0.29) is 12.1 Å². The summed E-state index contributed by atoms with van der Waals surface area (Å²) >= 11 is 7.56. The molecular formula is C26H27ClO2P+. The number of ether oxygens (including phenoxy) is 1. The van der Waals surface area contributed by atoms with Crippen molar-refractivity contribution < 1.29 is 9.53 Å². The fourth-order valence-electron chi connectivity index (χ4n) is 4.18. The molecule has 1 saturated carbocycles. The number of esters is 1. The zero-order valence-electron chi connectivity index (χ0n) is 17.2. The Morgan fingerprint density at radius 2 is 1.27 bits per heavy atom. The Morgan fingerprint density at radius 1 is 0.867 bits per heavy atom. The van der Waals surface area contributed by atoms with Crippen molar-refractivity contribution in [3.8, 4) is 0 Å². The smallest absolute Gasteiger partial charge is 0.367 e. The lowest BCUT2D eigenvalue weighted by Gasteiger charge is -2.38. The van der Waals surface area contributed by atoms with Crippen LogP contribution in [0.5, 0.6) is 0 Å². The molecule has 1 aliphatic carbocycles. The number of carbonyl (C=O) groups is 1. The third-order valence-corrected chi connectivity index (χ3v) is 11.4. The van der Waals surface area contributed by atoms with Gasteiger partial charge in [0.15, 0.2) is 0 Å². The second-order valence-electron chi connectivity index (χ2n) is 7.79. The van der Waals surface area contributed by atoms with Crippen molar-refractivity contribution in [2.75, 3.05) is 0 Å². The highest BCUT2D eigenvalue weighted by atomic mass is 35.5. The average molecular weight is 438 g/mol. The molecule has 0 saturated heterocycles. The highest BCUT2D eigenvalue weighted by Crippen LogP contribution is 2.69. The van der Waals surface area contributed by atoms with Crippen molar-refractivity contribution in [3.63, 3.8) is 0 Å². The Kier molecular flexibility index (Phi) is 6.27. The zero-order valence-corrected chi connectivity index (χ0v) is 18.9. The van der Waals surface area contributed by atoms with Crippen molar-refractivity contribution in [1.82, 2.24) is 0 Å². The minimum absolute atomic E-state index is 0.0108. The molecule has 0 N–H and O–H groups in total. The van der Waals surface area contributed by atoms with Crippen molar-refractivity contribution >= 4 is 40.7 Å². The minimum Gasteiger partial charge on any atom is -0.458 e. The van der Waals surface area contributed by atoms with E-state index >= 15 is 0 Å². The highest BCUT2D eigenvalue weighted by molar-refractivity contribution is 7.98. The van der Waals surface area contributed by atoms with Crippen molar-refractivity contribution in [3.05, 3.63) is 91.0 Å². The van der Waals surface area contributed by atoms with Gasteiger partial charge in [0.1, 0.15) is 29.3 Å². The van der Waals surface area contributed by atoms with Crippen molar-refractivity contribution in [1.29, 1.82) is 0 Å². The standard InChI is InChI=1S/C26H27ClO2P/c1-2-20-26(27,25(28)29-21-18-19-21)30(22-12-6-3-7-13-22,23-14-8-4-9-15-23)24-16-10-5-11-17-24/h3-17,21H,2,18-20H2,1H3/q+1. The van der Waals surface area contributed by atoms with Crippen molar-refractivity contribution in [2.24, 2.45) is 0 Å². The Hall–Kier alpha value is -2.15.